The van der Waals surface area contributed by atoms with Crippen molar-refractivity contribution in [3.05, 3.63) is 63.1 Å². The highest BCUT2D eigenvalue weighted by atomic mass is 35.5. The minimum Gasteiger partial charge on any atom is -0.352 e. The maximum Gasteiger partial charge on any atom is 0.244 e. The van der Waals surface area contributed by atoms with Crippen LogP contribution < -0.4 is 9.62 Å². The van der Waals surface area contributed by atoms with E-state index in [0.29, 0.717) is 17.0 Å². The van der Waals surface area contributed by atoms with Gasteiger partial charge in [0.15, 0.2) is 0 Å². The summed E-state index contributed by atoms with van der Waals surface area (Å²) in [6.07, 6.45) is 2.01. The van der Waals surface area contributed by atoms with Gasteiger partial charge in [0.25, 0.3) is 0 Å². The van der Waals surface area contributed by atoms with E-state index in [-0.39, 0.29) is 34.2 Å². The van der Waals surface area contributed by atoms with Gasteiger partial charge in [0.2, 0.25) is 21.8 Å². The van der Waals surface area contributed by atoms with Crippen LogP contribution in [-0.4, -0.2) is 50.0 Å². The molecule has 7 nitrogen and oxygen atoms in total. The molecule has 0 unspecified atom stereocenters. The molecule has 192 valence electrons. The number of halogens is 3. The normalized spacial score (nSPS) is 13.1. The molecule has 0 spiro atoms. The van der Waals surface area contributed by atoms with Gasteiger partial charge in [0.1, 0.15) is 12.6 Å². The number of carbonyl (C=O) groups is 2. The van der Waals surface area contributed by atoms with E-state index in [2.05, 4.69) is 5.32 Å². The smallest absolute Gasteiger partial charge is 0.244 e. The number of nitrogens with one attached hydrogen (secondary N) is 1. The summed E-state index contributed by atoms with van der Waals surface area (Å²) < 4.78 is 26.2. The molecular weight excluding hydrogens is 533 g/mol. The molecule has 2 rings (SSSR count). The van der Waals surface area contributed by atoms with E-state index in [1.165, 1.54) is 17.0 Å². The summed E-state index contributed by atoms with van der Waals surface area (Å²) in [6, 6.07) is 10.6. The fourth-order valence-electron chi connectivity index (χ4n) is 3.45. The highest BCUT2D eigenvalue weighted by Gasteiger charge is 2.33. The van der Waals surface area contributed by atoms with E-state index < -0.39 is 28.5 Å². The number of rotatable bonds is 11. The molecule has 0 bridgehead atoms. The summed E-state index contributed by atoms with van der Waals surface area (Å²) >= 11 is 18.7. The second-order valence-electron chi connectivity index (χ2n) is 8.20. The van der Waals surface area contributed by atoms with Crippen LogP contribution in [0.15, 0.2) is 42.5 Å². The summed E-state index contributed by atoms with van der Waals surface area (Å²) in [5.74, 6) is -0.911. The average molecular weight is 563 g/mol. The van der Waals surface area contributed by atoms with E-state index in [0.717, 1.165) is 17.0 Å². The SMILES string of the molecule is CC[C@H](C(=O)N[C@@H](C)CC)N(Cc1ccccc1Cl)C(=O)CN(c1cccc(Cl)c1Cl)S(C)(=O)=O. The van der Waals surface area contributed by atoms with Gasteiger partial charge in [-0.1, -0.05) is 72.9 Å². The maximum absolute atomic E-state index is 13.7. The fraction of sp³-hybridized carbons (Fsp3) is 0.417. The Bertz CT molecular complexity index is 1160. The molecule has 0 saturated carbocycles. The number of benzene rings is 2. The van der Waals surface area contributed by atoms with Crippen LogP contribution in [0.5, 0.6) is 0 Å². The van der Waals surface area contributed by atoms with Crippen molar-refractivity contribution in [1.82, 2.24) is 10.2 Å². The third-order valence-corrected chi connectivity index (χ3v) is 7.87. The van der Waals surface area contributed by atoms with Gasteiger partial charge in [-0.2, -0.15) is 0 Å². The van der Waals surface area contributed by atoms with Crippen molar-refractivity contribution in [2.75, 3.05) is 17.1 Å². The molecule has 2 amide bonds. The first-order valence-corrected chi connectivity index (χ1v) is 14.1. The third-order valence-electron chi connectivity index (χ3n) is 5.56. The largest absolute Gasteiger partial charge is 0.352 e. The highest BCUT2D eigenvalue weighted by Crippen LogP contribution is 2.34. The first-order chi connectivity index (χ1) is 16.4. The number of nitrogens with zero attached hydrogens (tertiary/aromatic N) is 2. The maximum atomic E-state index is 13.7. The summed E-state index contributed by atoms with van der Waals surface area (Å²) in [4.78, 5) is 28.1. The standard InChI is InChI=1S/C24H30Cl3N3O4S/c1-5-16(3)28-24(32)20(6-2)29(14-17-10-7-8-11-18(17)25)22(31)15-30(35(4,33)34)21-13-9-12-19(26)23(21)27/h7-13,16,20H,5-6,14-15H2,1-4H3,(H,28,32)/t16-,20+/m0/s1. The van der Waals surface area contributed by atoms with Gasteiger partial charge in [-0.25, -0.2) is 8.42 Å². The topological polar surface area (TPSA) is 86.8 Å². The molecule has 0 saturated heterocycles. The van der Waals surface area contributed by atoms with Crippen LogP contribution in [0.3, 0.4) is 0 Å². The molecule has 2 atom stereocenters. The summed E-state index contributed by atoms with van der Waals surface area (Å²) in [5.41, 5.74) is 0.703. The number of amides is 2. The minimum atomic E-state index is -3.93. The van der Waals surface area contributed by atoms with Crippen molar-refractivity contribution >= 4 is 62.3 Å². The number of hydrogen-bond acceptors (Lipinski definition) is 4. The van der Waals surface area contributed by atoms with Crippen molar-refractivity contribution < 1.29 is 18.0 Å². The predicted molar refractivity (Wildman–Crippen MR) is 143 cm³/mol. The Hall–Kier alpha value is -2.00. The van der Waals surface area contributed by atoms with Crippen LogP contribution in [0.2, 0.25) is 15.1 Å². The second-order valence-corrected chi connectivity index (χ2v) is 11.3. The number of hydrogen-bond donors (Lipinski definition) is 1. The van der Waals surface area contributed by atoms with Crippen molar-refractivity contribution in [3.8, 4) is 0 Å². The first-order valence-electron chi connectivity index (χ1n) is 11.2. The molecule has 2 aromatic rings. The van der Waals surface area contributed by atoms with E-state index in [1.807, 2.05) is 13.8 Å². The van der Waals surface area contributed by atoms with Crippen LogP contribution >= 0.6 is 34.8 Å². The molecule has 35 heavy (non-hydrogen) atoms. The van der Waals surface area contributed by atoms with Gasteiger partial charge < -0.3 is 10.2 Å². The Morgan fingerprint density at radius 3 is 2.17 bits per heavy atom. The lowest BCUT2D eigenvalue weighted by atomic mass is 10.1. The van der Waals surface area contributed by atoms with Gasteiger partial charge in [0, 0.05) is 17.6 Å². The highest BCUT2D eigenvalue weighted by molar-refractivity contribution is 7.92. The van der Waals surface area contributed by atoms with Crippen LogP contribution in [-0.2, 0) is 26.2 Å². The Labute approximate surface area is 222 Å². The van der Waals surface area contributed by atoms with E-state index in [4.69, 9.17) is 34.8 Å². The average Bonchev–Trinajstić information content (AvgIpc) is 2.79. The minimum absolute atomic E-state index is 0.00611. The monoisotopic (exact) mass is 561 g/mol. The van der Waals surface area contributed by atoms with E-state index in [1.54, 1.807) is 37.3 Å². The quantitative estimate of drug-likeness (QED) is 0.411. The van der Waals surface area contributed by atoms with Crippen molar-refractivity contribution in [1.29, 1.82) is 0 Å². The molecule has 0 aliphatic heterocycles. The van der Waals surface area contributed by atoms with Gasteiger partial charge in [0.05, 0.1) is 22.0 Å². The zero-order chi connectivity index (χ0) is 26.3. The number of carbonyl (C=O) groups excluding carboxylic acids is 2. The Morgan fingerprint density at radius 1 is 0.971 bits per heavy atom. The molecule has 0 aliphatic rings. The van der Waals surface area contributed by atoms with Gasteiger partial charge in [-0.3, -0.25) is 13.9 Å². The first kappa shape index (κ1) is 29.2. The Morgan fingerprint density at radius 2 is 1.60 bits per heavy atom. The van der Waals surface area contributed by atoms with Crippen LogP contribution in [0, 0.1) is 0 Å². The molecule has 0 radical (unpaired) electrons. The van der Waals surface area contributed by atoms with Crippen LogP contribution in [0.1, 0.15) is 39.2 Å². The Kier molecular flexibility index (Phi) is 10.7. The van der Waals surface area contributed by atoms with Gasteiger partial charge >= 0.3 is 0 Å². The molecule has 1 N–H and O–H groups in total. The lowest BCUT2D eigenvalue weighted by Gasteiger charge is -2.33. The van der Waals surface area contributed by atoms with E-state index >= 15 is 0 Å². The van der Waals surface area contributed by atoms with Crippen molar-refractivity contribution in [3.63, 3.8) is 0 Å². The summed E-state index contributed by atoms with van der Waals surface area (Å²) in [6.45, 7) is 5.05. The zero-order valence-electron chi connectivity index (χ0n) is 20.1. The van der Waals surface area contributed by atoms with Gasteiger partial charge in [-0.15, -0.1) is 0 Å². The number of anilines is 1. The second kappa shape index (κ2) is 12.8. The third kappa shape index (κ3) is 7.74. The molecule has 0 aromatic heterocycles. The summed E-state index contributed by atoms with van der Waals surface area (Å²) in [7, 11) is -3.93. The van der Waals surface area contributed by atoms with Gasteiger partial charge in [-0.05, 0) is 43.5 Å². The molecular formula is C24H30Cl3N3O4S. The van der Waals surface area contributed by atoms with Crippen molar-refractivity contribution in [2.45, 2.75) is 52.2 Å². The molecule has 2 aromatic carbocycles. The zero-order valence-corrected chi connectivity index (χ0v) is 23.2. The lowest BCUT2D eigenvalue weighted by molar-refractivity contribution is -0.140. The van der Waals surface area contributed by atoms with E-state index in [9.17, 15) is 18.0 Å². The molecule has 0 fully saturated rings. The predicted octanol–water partition coefficient (Wildman–Crippen LogP) is 5.13. The summed E-state index contributed by atoms with van der Waals surface area (Å²) in [5, 5.41) is 3.50. The van der Waals surface area contributed by atoms with Crippen molar-refractivity contribution in [2.24, 2.45) is 0 Å². The lowest BCUT2D eigenvalue weighted by Crippen LogP contribution is -2.53. The molecule has 0 aliphatic carbocycles. The number of sulfonamides is 1. The fourth-order valence-corrected chi connectivity index (χ4v) is 4.95. The van der Waals surface area contributed by atoms with Crippen LogP contribution in [0.4, 0.5) is 5.69 Å². The molecule has 0 heterocycles. The van der Waals surface area contributed by atoms with Crippen LogP contribution in [0.25, 0.3) is 0 Å². The Balaban J connectivity index is 2.50. The molecule has 11 heteroatoms.